The lowest BCUT2D eigenvalue weighted by Crippen LogP contribution is -2.45. The van der Waals surface area contributed by atoms with Crippen LogP contribution in [0.4, 0.5) is 0 Å². The molecule has 134 valence electrons. The topological polar surface area (TPSA) is 72.5 Å². The van der Waals surface area contributed by atoms with Crippen molar-refractivity contribution in [3.05, 3.63) is 42.4 Å². The molecule has 0 unspecified atom stereocenters. The number of nitrogens with one attached hydrogen (secondary N) is 1. The van der Waals surface area contributed by atoms with Crippen LogP contribution in [0.3, 0.4) is 0 Å². The van der Waals surface area contributed by atoms with Gasteiger partial charge in [0, 0.05) is 38.4 Å². The van der Waals surface area contributed by atoms with Crippen molar-refractivity contribution in [3.63, 3.8) is 0 Å². The third kappa shape index (κ3) is 3.48. The molecule has 4 rings (SSSR count). The number of imidazole rings is 1. The van der Waals surface area contributed by atoms with Gasteiger partial charge in [0.05, 0.1) is 25.5 Å². The average Bonchev–Trinajstić information content (AvgIpc) is 3.35. The zero-order chi connectivity index (χ0) is 17.2. The van der Waals surface area contributed by atoms with E-state index in [2.05, 4.69) is 19.8 Å². The van der Waals surface area contributed by atoms with Crippen molar-refractivity contribution < 1.29 is 13.9 Å². The van der Waals surface area contributed by atoms with Gasteiger partial charge < -0.3 is 19.0 Å². The number of aryl methyl sites for hydroxylation is 1. The van der Waals surface area contributed by atoms with E-state index in [1.807, 2.05) is 19.4 Å². The van der Waals surface area contributed by atoms with Gasteiger partial charge in [0.1, 0.15) is 5.82 Å². The minimum Gasteiger partial charge on any atom is -0.459 e. The minimum atomic E-state index is -0.183. The summed E-state index contributed by atoms with van der Waals surface area (Å²) in [6.45, 7) is 4.24. The Bertz CT molecular complexity index is 712. The molecule has 1 N–H and O–H groups in total. The maximum atomic E-state index is 12.1. The van der Waals surface area contributed by atoms with Crippen molar-refractivity contribution >= 4 is 5.91 Å². The molecule has 2 aliphatic heterocycles. The van der Waals surface area contributed by atoms with Crippen LogP contribution in [0.15, 0.2) is 35.2 Å². The molecular weight excluding hydrogens is 320 g/mol. The molecule has 0 bridgehead atoms. The lowest BCUT2D eigenvalue weighted by Gasteiger charge is -2.35. The van der Waals surface area contributed by atoms with Crippen LogP contribution in [0.1, 0.15) is 22.8 Å². The molecule has 7 heteroatoms. The number of amides is 1. The summed E-state index contributed by atoms with van der Waals surface area (Å²) in [6, 6.07) is 3.39. The van der Waals surface area contributed by atoms with E-state index in [9.17, 15) is 4.79 Å². The Hall–Kier alpha value is -2.12. The van der Waals surface area contributed by atoms with Crippen molar-refractivity contribution in [3.8, 4) is 0 Å². The molecular formula is C18H24N4O3. The molecule has 0 aromatic carbocycles. The predicted octanol–water partition coefficient (Wildman–Crippen LogP) is 1.28. The Labute approximate surface area is 147 Å². The van der Waals surface area contributed by atoms with Crippen molar-refractivity contribution in [1.82, 2.24) is 19.8 Å². The lowest BCUT2D eigenvalue weighted by molar-refractivity contribution is 0.0662. The number of furan rings is 1. The number of hydrogen-bond donors (Lipinski definition) is 1. The van der Waals surface area contributed by atoms with Gasteiger partial charge in [0.2, 0.25) is 0 Å². The van der Waals surface area contributed by atoms with E-state index >= 15 is 0 Å². The van der Waals surface area contributed by atoms with Crippen LogP contribution in [0.5, 0.6) is 0 Å². The third-order valence-corrected chi connectivity index (χ3v) is 5.39. The highest BCUT2D eigenvalue weighted by atomic mass is 16.5. The summed E-state index contributed by atoms with van der Waals surface area (Å²) >= 11 is 0. The van der Waals surface area contributed by atoms with Crippen LogP contribution < -0.4 is 5.32 Å². The van der Waals surface area contributed by atoms with Crippen LogP contribution in [-0.4, -0.2) is 52.7 Å². The Kier molecular flexibility index (Phi) is 4.59. The largest absolute Gasteiger partial charge is 0.459 e. The molecule has 7 nitrogen and oxygen atoms in total. The van der Waals surface area contributed by atoms with E-state index in [1.165, 1.54) is 6.26 Å². The van der Waals surface area contributed by atoms with E-state index in [0.29, 0.717) is 24.1 Å². The highest BCUT2D eigenvalue weighted by Gasteiger charge is 2.41. The number of piperidine rings is 1. The van der Waals surface area contributed by atoms with Crippen LogP contribution >= 0.6 is 0 Å². The summed E-state index contributed by atoms with van der Waals surface area (Å²) in [5.74, 6) is 2.28. The van der Waals surface area contributed by atoms with Crippen LogP contribution in [0.2, 0.25) is 0 Å². The minimum absolute atomic E-state index is 0.0630. The standard InChI is InChI=1S/C18H24N4O3/c1-21-7-5-19-17(21)11-22-6-4-13-12-25-16(14(13)10-22)9-20-18(23)15-3-2-8-24-15/h2-3,5,7-8,13-14,16H,4,6,9-12H2,1H3,(H,20,23)/t13-,14-,16+/m0/s1. The summed E-state index contributed by atoms with van der Waals surface area (Å²) in [6.07, 6.45) is 6.53. The number of carbonyl (C=O) groups is 1. The van der Waals surface area contributed by atoms with E-state index in [1.54, 1.807) is 12.1 Å². The number of ether oxygens (including phenoxy) is 1. The first-order chi connectivity index (χ1) is 12.2. The summed E-state index contributed by atoms with van der Waals surface area (Å²) in [4.78, 5) is 18.9. The number of rotatable bonds is 5. The van der Waals surface area contributed by atoms with E-state index in [0.717, 1.165) is 38.5 Å². The summed E-state index contributed by atoms with van der Waals surface area (Å²) in [5.41, 5.74) is 0. The summed E-state index contributed by atoms with van der Waals surface area (Å²) < 4.78 is 13.2. The normalized spacial score (nSPS) is 26.5. The summed E-state index contributed by atoms with van der Waals surface area (Å²) in [7, 11) is 2.03. The van der Waals surface area contributed by atoms with Gasteiger partial charge >= 0.3 is 0 Å². The fourth-order valence-corrected chi connectivity index (χ4v) is 3.89. The monoisotopic (exact) mass is 344 g/mol. The van der Waals surface area contributed by atoms with Crippen molar-refractivity contribution in [1.29, 1.82) is 0 Å². The third-order valence-electron chi connectivity index (χ3n) is 5.39. The van der Waals surface area contributed by atoms with Gasteiger partial charge in [-0.05, 0) is 31.0 Å². The molecule has 0 saturated carbocycles. The number of fused-ring (bicyclic) bond motifs is 1. The number of aromatic nitrogens is 2. The molecule has 0 spiro atoms. The fraction of sp³-hybridized carbons (Fsp3) is 0.556. The molecule has 4 heterocycles. The molecule has 2 aromatic heterocycles. The molecule has 2 aliphatic rings. The SMILES string of the molecule is Cn1ccnc1CN1CC[C@H]2CO[C@H](CNC(=O)c3ccco3)[C@H]2C1. The molecule has 2 fully saturated rings. The Balaban J connectivity index is 1.33. The first-order valence-electron chi connectivity index (χ1n) is 8.82. The van der Waals surface area contributed by atoms with Gasteiger partial charge in [0.25, 0.3) is 5.91 Å². The summed E-state index contributed by atoms with van der Waals surface area (Å²) in [5, 5.41) is 2.94. The quantitative estimate of drug-likeness (QED) is 0.885. The second kappa shape index (κ2) is 7.01. The Morgan fingerprint density at radius 3 is 3.16 bits per heavy atom. The molecule has 3 atom stereocenters. The van der Waals surface area contributed by atoms with Gasteiger partial charge in [-0.15, -0.1) is 0 Å². The van der Waals surface area contributed by atoms with Gasteiger partial charge in [0.15, 0.2) is 5.76 Å². The van der Waals surface area contributed by atoms with Crippen LogP contribution in [0, 0.1) is 11.8 Å². The number of hydrogen-bond acceptors (Lipinski definition) is 5. The Morgan fingerprint density at radius 1 is 1.48 bits per heavy atom. The zero-order valence-electron chi connectivity index (χ0n) is 14.4. The Morgan fingerprint density at radius 2 is 2.40 bits per heavy atom. The number of carbonyl (C=O) groups excluding carboxylic acids is 1. The second-order valence-electron chi connectivity index (χ2n) is 6.96. The van der Waals surface area contributed by atoms with Crippen molar-refractivity contribution in [2.75, 3.05) is 26.2 Å². The highest BCUT2D eigenvalue weighted by Crippen LogP contribution is 2.34. The molecule has 2 saturated heterocycles. The fourth-order valence-electron chi connectivity index (χ4n) is 3.89. The molecule has 25 heavy (non-hydrogen) atoms. The van der Waals surface area contributed by atoms with Crippen molar-refractivity contribution in [2.24, 2.45) is 18.9 Å². The van der Waals surface area contributed by atoms with Crippen molar-refractivity contribution in [2.45, 2.75) is 19.1 Å². The maximum Gasteiger partial charge on any atom is 0.287 e. The number of likely N-dealkylation sites (tertiary alicyclic amines) is 1. The van der Waals surface area contributed by atoms with E-state index < -0.39 is 0 Å². The highest BCUT2D eigenvalue weighted by molar-refractivity contribution is 5.91. The second-order valence-corrected chi connectivity index (χ2v) is 6.96. The first kappa shape index (κ1) is 16.4. The zero-order valence-corrected chi connectivity index (χ0v) is 14.4. The molecule has 0 aliphatic carbocycles. The molecule has 2 aromatic rings. The van der Waals surface area contributed by atoms with Crippen LogP contribution in [-0.2, 0) is 18.3 Å². The van der Waals surface area contributed by atoms with Gasteiger partial charge in [-0.3, -0.25) is 9.69 Å². The van der Waals surface area contributed by atoms with E-state index in [-0.39, 0.29) is 12.0 Å². The predicted molar refractivity (Wildman–Crippen MR) is 90.9 cm³/mol. The first-order valence-corrected chi connectivity index (χ1v) is 8.82. The lowest BCUT2D eigenvalue weighted by atomic mass is 9.84. The van der Waals surface area contributed by atoms with Gasteiger partial charge in [-0.2, -0.15) is 0 Å². The molecule has 1 amide bonds. The van der Waals surface area contributed by atoms with E-state index in [4.69, 9.17) is 9.15 Å². The smallest absolute Gasteiger partial charge is 0.287 e. The van der Waals surface area contributed by atoms with Gasteiger partial charge in [-0.25, -0.2) is 4.98 Å². The maximum absolute atomic E-state index is 12.1. The van der Waals surface area contributed by atoms with Crippen LogP contribution in [0.25, 0.3) is 0 Å². The molecule has 0 radical (unpaired) electrons. The average molecular weight is 344 g/mol. The van der Waals surface area contributed by atoms with Gasteiger partial charge in [-0.1, -0.05) is 0 Å². The number of nitrogens with zero attached hydrogens (tertiary/aromatic N) is 3.